The van der Waals surface area contributed by atoms with E-state index in [2.05, 4.69) is 24.8 Å². The van der Waals surface area contributed by atoms with E-state index in [1.54, 1.807) is 0 Å². The van der Waals surface area contributed by atoms with Gasteiger partial charge in [0.2, 0.25) is 0 Å². The maximum atomic E-state index is 5.53. The first-order valence-electron chi connectivity index (χ1n) is 6.24. The predicted molar refractivity (Wildman–Crippen MR) is 68.5 cm³/mol. The zero-order valence-electron chi connectivity index (χ0n) is 10.5. The molecule has 0 amide bonds. The standard InChI is InChI=1S/C12H26NOSi/c1-14-15(2,3)11-7-10-13-12-8-5-4-6-9-12/h5,12-13H,4,6-11H2,1-3H3/q+1. The van der Waals surface area contributed by atoms with Crippen molar-refractivity contribution in [2.24, 2.45) is 0 Å². The molecule has 3 heteroatoms. The Balaban J connectivity index is 2.00. The number of hydrogen-bond donors (Lipinski definition) is 1. The Labute approximate surface area is 95.9 Å². The lowest BCUT2D eigenvalue weighted by molar-refractivity contribution is 0.395. The van der Waals surface area contributed by atoms with Crippen LogP contribution in [0.4, 0.5) is 0 Å². The second kappa shape index (κ2) is 6.56. The van der Waals surface area contributed by atoms with Crippen molar-refractivity contribution in [3.05, 3.63) is 6.42 Å². The van der Waals surface area contributed by atoms with Gasteiger partial charge in [-0.25, -0.2) is 0 Å². The van der Waals surface area contributed by atoms with Gasteiger partial charge in [0.1, 0.15) is 6.42 Å². The lowest BCUT2D eigenvalue weighted by Gasteiger charge is -2.21. The topological polar surface area (TPSA) is 21.3 Å². The highest BCUT2D eigenvalue weighted by molar-refractivity contribution is 6.71. The van der Waals surface area contributed by atoms with Crippen LogP contribution in [0.15, 0.2) is 0 Å². The summed E-state index contributed by atoms with van der Waals surface area (Å²) >= 11 is 0. The largest absolute Gasteiger partial charge is 0.420 e. The van der Waals surface area contributed by atoms with E-state index in [-0.39, 0.29) is 0 Å². The Hall–Kier alpha value is 0.00688. The Morgan fingerprint density at radius 1 is 1.47 bits per heavy atom. The van der Waals surface area contributed by atoms with Crippen molar-refractivity contribution in [2.45, 2.75) is 57.3 Å². The van der Waals surface area contributed by atoms with Gasteiger partial charge in [0.15, 0.2) is 8.32 Å². The van der Waals surface area contributed by atoms with E-state index in [9.17, 15) is 0 Å². The highest BCUT2D eigenvalue weighted by Crippen LogP contribution is 2.17. The summed E-state index contributed by atoms with van der Waals surface area (Å²) in [5.74, 6) is 0. The smallest absolute Gasteiger partial charge is 0.186 e. The molecule has 0 aliphatic heterocycles. The minimum absolute atomic E-state index is 0.756. The van der Waals surface area contributed by atoms with Crippen LogP contribution in [0.2, 0.25) is 19.1 Å². The molecule has 0 bridgehead atoms. The quantitative estimate of drug-likeness (QED) is 0.429. The molecule has 1 atom stereocenters. The minimum atomic E-state index is -1.31. The summed E-state index contributed by atoms with van der Waals surface area (Å²) in [6.45, 7) is 5.75. The number of rotatable bonds is 6. The molecule has 1 saturated carbocycles. The zero-order chi connectivity index (χ0) is 11.1. The molecule has 15 heavy (non-hydrogen) atoms. The van der Waals surface area contributed by atoms with Crippen LogP contribution in [0.5, 0.6) is 0 Å². The highest BCUT2D eigenvalue weighted by atomic mass is 28.4. The molecule has 0 aromatic heterocycles. The van der Waals surface area contributed by atoms with Gasteiger partial charge in [-0.2, -0.15) is 0 Å². The average molecular weight is 228 g/mol. The molecule has 0 saturated heterocycles. The van der Waals surface area contributed by atoms with Crippen molar-refractivity contribution in [3.8, 4) is 0 Å². The summed E-state index contributed by atoms with van der Waals surface area (Å²) in [4.78, 5) is 0. The molecule has 0 spiro atoms. The predicted octanol–water partition coefficient (Wildman–Crippen LogP) is 2.96. The first-order valence-corrected chi connectivity index (χ1v) is 9.36. The van der Waals surface area contributed by atoms with E-state index < -0.39 is 8.32 Å². The Morgan fingerprint density at radius 2 is 2.27 bits per heavy atom. The van der Waals surface area contributed by atoms with Crippen LogP contribution < -0.4 is 5.32 Å². The molecule has 1 N–H and O–H groups in total. The third-order valence-corrected chi connectivity index (χ3v) is 6.02. The minimum Gasteiger partial charge on any atom is -0.420 e. The molecule has 0 radical (unpaired) electrons. The summed E-state index contributed by atoms with van der Waals surface area (Å²) in [5, 5.41) is 3.65. The molecule has 2 nitrogen and oxygen atoms in total. The molecular formula is C12H26NOSi+. The SMILES string of the molecule is CO[Si](C)(C)CCCNC1C[CH+]CCC1. The van der Waals surface area contributed by atoms with Crippen molar-refractivity contribution in [1.29, 1.82) is 0 Å². The van der Waals surface area contributed by atoms with E-state index in [1.807, 2.05) is 7.11 Å². The van der Waals surface area contributed by atoms with Crippen LogP contribution in [-0.2, 0) is 4.43 Å². The van der Waals surface area contributed by atoms with Crippen molar-refractivity contribution in [2.75, 3.05) is 13.7 Å². The summed E-state index contributed by atoms with van der Waals surface area (Å²) in [6.07, 6.45) is 9.02. The number of hydrogen-bond acceptors (Lipinski definition) is 2. The third-order valence-electron chi connectivity index (χ3n) is 3.35. The van der Waals surface area contributed by atoms with Gasteiger partial charge < -0.3 is 9.74 Å². The second-order valence-corrected chi connectivity index (χ2v) is 9.60. The fourth-order valence-electron chi connectivity index (χ4n) is 2.05. The van der Waals surface area contributed by atoms with E-state index in [0.717, 1.165) is 12.6 Å². The fraction of sp³-hybridized carbons (Fsp3) is 0.917. The third kappa shape index (κ3) is 5.59. The van der Waals surface area contributed by atoms with Gasteiger partial charge in [-0.05, 0) is 44.9 Å². The van der Waals surface area contributed by atoms with E-state index in [0.29, 0.717) is 0 Å². The van der Waals surface area contributed by atoms with Crippen molar-refractivity contribution in [1.82, 2.24) is 5.32 Å². The Bertz CT molecular complexity index is 167. The molecule has 1 rings (SSSR count). The lowest BCUT2D eigenvalue weighted by Crippen LogP contribution is -2.34. The van der Waals surface area contributed by atoms with E-state index >= 15 is 0 Å². The van der Waals surface area contributed by atoms with Crippen LogP contribution >= 0.6 is 0 Å². The highest BCUT2D eigenvalue weighted by Gasteiger charge is 2.21. The van der Waals surface area contributed by atoms with Gasteiger partial charge in [-0.15, -0.1) is 0 Å². The molecule has 88 valence electrons. The first-order chi connectivity index (χ1) is 7.14. The first kappa shape index (κ1) is 13.1. The van der Waals surface area contributed by atoms with Crippen LogP contribution in [0.25, 0.3) is 0 Å². The molecule has 1 unspecified atom stereocenters. The van der Waals surface area contributed by atoms with Crippen molar-refractivity contribution >= 4 is 8.32 Å². The normalized spacial score (nSPS) is 22.5. The number of nitrogens with one attached hydrogen (secondary N) is 1. The van der Waals surface area contributed by atoms with Gasteiger partial charge in [-0.1, -0.05) is 0 Å². The molecular weight excluding hydrogens is 202 g/mol. The summed E-state index contributed by atoms with van der Waals surface area (Å²) in [5.41, 5.74) is 0. The van der Waals surface area contributed by atoms with Gasteiger partial charge in [0, 0.05) is 13.2 Å². The maximum Gasteiger partial charge on any atom is 0.186 e. The molecule has 0 aromatic rings. The van der Waals surface area contributed by atoms with Gasteiger partial charge in [-0.3, -0.25) is 0 Å². The average Bonchev–Trinajstić information content (AvgIpc) is 2.26. The molecule has 1 aliphatic rings. The van der Waals surface area contributed by atoms with Crippen LogP contribution in [0.1, 0.15) is 32.1 Å². The molecule has 1 fully saturated rings. The van der Waals surface area contributed by atoms with Crippen LogP contribution in [0.3, 0.4) is 0 Å². The summed E-state index contributed by atoms with van der Waals surface area (Å²) in [6, 6.07) is 2.03. The second-order valence-electron chi connectivity index (χ2n) is 5.17. The van der Waals surface area contributed by atoms with Crippen LogP contribution in [0, 0.1) is 6.42 Å². The van der Waals surface area contributed by atoms with E-state index in [1.165, 1.54) is 38.1 Å². The summed E-state index contributed by atoms with van der Waals surface area (Å²) in [7, 11) is 0.545. The van der Waals surface area contributed by atoms with Gasteiger partial charge in [0.25, 0.3) is 0 Å². The van der Waals surface area contributed by atoms with Crippen molar-refractivity contribution < 1.29 is 4.43 Å². The van der Waals surface area contributed by atoms with Crippen LogP contribution in [-0.4, -0.2) is 28.0 Å². The Morgan fingerprint density at radius 3 is 2.87 bits per heavy atom. The van der Waals surface area contributed by atoms with E-state index in [4.69, 9.17) is 4.43 Å². The van der Waals surface area contributed by atoms with Gasteiger partial charge >= 0.3 is 0 Å². The van der Waals surface area contributed by atoms with Crippen molar-refractivity contribution in [3.63, 3.8) is 0 Å². The van der Waals surface area contributed by atoms with Gasteiger partial charge in [0.05, 0.1) is 12.8 Å². The Kier molecular flexibility index (Phi) is 5.72. The zero-order valence-corrected chi connectivity index (χ0v) is 11.5. The lowest BCUT2D eigenvalue weighted by atomic mass is 9.95. The molecule has 0 heterocycles. The monoisotopic (exact) mass is 228 g/mol. The summed E-state index contributed by atoms with van der Waals surface area (Å²) < 4.78 is 5.53. The fourth-order valence-corrected chi connectivity index (χ4v) is 3.29. The molecule has 0 aromatic carbocycles. The maximum absolute atomic E-state index is 5.53. The molecule has 1 aliphatic carbocycles.